The molecule has 2 saturated heterocycles. The number of amides is 1. The van der Waals surface area contributed by atoms with Crippen molar-refractivity contribution < 1.29 is 63.0 Å². The lowest BCUT2D eigenvalue weighted by molar-refractivity contribution is -0.265. The van der Waals surface area contributed by atoms with Crippen LogP contribution in [-0.4, -0.2) is 147 Å². The Morgan fingerprint density at radius 3 is 2.35 bits per heavy atom. The number of allylic oxidation sites excluding steroid dienone is 6. The molecule has 1 aromatic heterocycles. The van der Waals surface area contributed by atoms with Crippen LogP contribution in [0.3, 0.4) is 0 Å². The topological polar surface area (TPSA) is 226 Å². The van der Waals surface area contributed by atoms with Gasteiger partial charge in [0.25, 0.3) is 11.7 Å². The SMILES string of the molecule is CO[C@H]1C[C@@H]2CC[C@@H](C)[C@@](O)(O2)C(=O)C(=O)N2CCCC[C@H]2C(=O)O[C@H]([C@H](C)C[C@@H]2CC[C@@H](CCc3cn(CCO)nn3)[C@H](OC)C2)CC(=O)[C@H](C)/C=C(\C)[C@@H](O)[C@@H](OC)C(=O)[C@H](C)C[C@H](C)/C=C/C=C/C=C/1C. The third kappa shape index (κ3) is 16.2. The van der Waals surface area contributed by atoms with Gasteiger partial charge in [-0.2, -0.15) is 0 Å². The first-order valence-corrected chi connectivity index (χ1v) is 27.2. The molecule has 1 aliphatic carbocycles. The van der Waals surface area contributed by atoms with Crippen LogP contribution in [0.1, 0.15) is 138 Å². The normalized spacial score (nSPS) is 37.0. The Morgan fingerprint density at radius 1 is 0.892 bits per heavy atom. The van der Waals surface area contributed by atoms with E-state index in [-0.39, 0.29) is 67.3 Å². The lowest BCUT2D eigenvalue weighted by Gasteiger charge is -2.42. The molecule has 0 radical (unpaired) electrons. The van der Waals surface area contributed by atoms with Crippen molar-refractivity contribution in [2.75, 3.05) is 34.5 Å². The zero-order valence-corrected chi connectivity index (χ0v) is 45.9. The zero-order valence-electron chi connectivity index (χ0n) is 45.9. The number of aromatic nitrogens is 3. The van der Waals surface area contributed by atoms with Crippen LogP contribution in [0.5, 0.6) is 0 Å². The molecule has 0 spiro atoms. The number of methoxy groups -OCH3 is 3. The fourth-order valence-corrected chi connectivity index (χ4v) is 11.6. The van der Waals surface area contributed by atoms with E-state index in [2.05, 4.69) is 10.3 Å². The summed E-state index contributed by atoms with van der Waals surface area (Å²) >= 11 is 0. The number of cyclic esters (lactones) is 1. The summed E-state index contributed by atoms with van der Waals surface area (Å²) in [6.45, 7) is 13.2. The van der Waals surface area contributed by atoms with Crippen molar-refractivity contribution in [3.63, 3.8) is 0 Å². The number of piperidine rings is 1. The van der Waals surface area contributed by atoms with E-state index in [0.29, 0.717) is 57.1 Å². The summed E-state index contributed by atoms with van der Waals surface area (Å²) < 4.78 is 31.7. The number of carbonyl (C=O) groups is 5. The summed E-state index contributed by atoms with van der Waals surface area (Å²) in [4.78, 5) is 72.7. The van der Waals surface area contributed by atoms with E-state index in [1.54, 1.807) is 45.7 Å². The Hall–Kier alpha value is -4.23. The second-order valence-corrected chi connectivity index (χ2v) is 22.0. The third-order valence-corrected chi connectivity index (χ3v) is 16.3. The highest BCUT2D eigenvalue weighted by Crippen LogP contribution is 2.39. The van der Waals surface area contributed by atoms with Crippen LogP contribution >= 0.6 is 0 Å². The number of esters is 1. The van der Waals surface area contributed by atoms with E-state index in [1.165, 1.54) is 12.0 Å². The van der Waals surface area contributed by atoms with Gasteiger partial charge in [0.05, 0.1) is 37.2 Å². The summed E-state index contributed by atoms with van der Waals surface area (Å²) in [5.41, 5.74) is 2.13. The van der Waals surface area contributed by atoms with E-state index < -0.39 is 77.8 Å². The summed E-state index contributed by atoms with van der Waals surface area (Å²) in [5.74, 6) is -7.58. The van der Waals surface area contributed by atoms with Gasteiger partial charge in [-0.15, -0.1) is 5.10 Å². The molecule has 4 aliphatic rings. The van der Waals surface area contributed by atoms with Crippen LogP contribution in [-0.2, 0) is 60.6 Å². The minimum Gasteiger partial charge on any atom is -0.460 e. The molecular weight excluding hydrogens is 949 g/mol. The number of ether oxygens (including phenoxy) is 5. The standard InChI is InChI=1S/C57H88N4O13/c1-35-16-12-11-13-17-36(2)48(70-8)32-45-24-19-41(7)57(69,74-45)54(66)55(67)61-25-15-14-18-46(61)56(68)73-49(33-47(63)37(3)29-40(6)52(65)53(72-10)51(64)39(5)28-35)38(4)30-42-20-21-43(50(31-42)71-9)22-23-44-34-60(26-27-62)59-58-44/h11-13,16-17,29,34-35,37-39,41-43,45-46,48-50,52-53,62,65,69H,14-15,18-28,30-33H2,1-10H3/b13-11+,16-12+,36-17+,40-29+/t35-,37-,38-,39-,41-,42+,43+,45+,46+,48+,49+,50-,52-,53+,57-/m1/s1. The van der Waals surface area contributed by atoms with E-state index in [0.717, 1.165) is 43.4 Å². The van der Waals surface area contributed by atoms with Gasteiger partial charge >= 0.3 is 5.97 Å². The van der Waals surface area contributed by atoms with Crippen molar-refractivity contribution in [1.29, 1.82) is 0 Å². The van der Waals surface area contributed by atoms with Gasteiger partial charge in [-0.1, -0.05) is 76.3 Å². The highest BCUT2D eigenvalue weighted by Gasteiger charge is 2.53. The van der Waals surface area contributed by atoms with Gasteiger partial charge in [-0.3, -0.25) is 19.2 Å². The van der Waals surface area contributed by atoms with Gasteiger partial charge in [0.15, 0.2) is 5.78 Å². The molecule has 74 heavy (non-hydrogen) atoms. The first-order valence-electron chi connectivity index (χ1n) is 27.2. The highest BCUT2D eigenvalue weighted by molar-refractivity contribution is 6.39. The molecule has 414 valence electrons. The van der Waals surface area contributed by atoms with E-state index in [4.69, 9.17) is 23.7 Å². The Balaban J connectivity index is 1.43. The van der Waals surface area contributed by atoms with Crippen LogP contribution in [0.25, 0.3) is 0 Å². The maximum Gasteiger partial charge on any atom is 0.329 e. The second kappa shape index (κ2) is 28.8. The number of aryl methyl sites for hydroxylation is 1. The molecule has 3 fully saturated rings. The monoisotopic (exact) mass is 1040 g/mol. The van der Waals surface area contributed by atoms with Crippen LogP contribution in [0.2, 0.25) is 0 Å². The summed E-state index contributed by atoms with van der Waals surface area (Å²) in [7, 11) is 4.69. The molecule has 1 saturated carbocycles. The lowest BCUT2D eigenvalue weighted by Crippen LogP contribution is -2.61. The fraction of sp³-hybridized carbons (Fsp3) is 0.737. The average molecular weight is 1040 g/mol. The molecule has 15 atom stereocenters. The van der Waals surface area contributed by atoms with Gasteiger partial charge in [0.2, 0.25) is 5.79 Å². The number of nitrogens with zero attached hydrogens (tertiary/aromatic N) is 4. The van der Waals surface area contributed by atoms with Crippen LogP contribution in [0, 0.1) is 41.4 Å². The predicted octanol–water partition coefficient (Wildman–Crippen LogP) is 6.65. The lowest BCUT2D eigenvalue weighted by atomic mass is 9.74. The summed E-state index contributed by atoms with van der Waals surface area (Å²) in [6, 6.07) is -1.14. The fourth-order valence-electron chi connectivity index (χ4n) is 11.6. The Kier molecular flexibility index (Phi) is 23.6. The molecule has 5 rings (SSSR count). The number of fused-ring (bicyclic) bond motifs is 3. The molecule has 2 bridgehead atoms. The first kappa shape index (κ1) is 60.6. The van der Waals surface area contributed by atoms with Gasteiger partial charge in [-0.25, -0.2) is 9.48 Å². The Morgan fingerprint density at radius 2 is 1.65 bits per heavy atom. The Bertz CT molecular complexity index is 2150. The largest absolute Gasteiger partial charge is 0.460 e. The minimum absolute atomic E-state index is 0.0139. The smallest absolute Gasteiger partial charge is 0.329 e. The van der Waals surface area contributed by atoms with Crippen LogP contribution < -0.4 is 0 Å². The molecule has 3 N–H and O–H groups in total. The number of aliphatic hydroxyl groups excluding tert-OH is 2. The van der Waals surface area contributed by atoms with Crippen LogP contribution in [0.4, 0.5) is 0 Å². The third-order valence-electron chi connectivity index (χ3n) is 16.3. The zero-order chi connectivity index (χ0) is 54.3. The molecule has 0 unspecified atom stereocenters. The molecule has 3 aliphatic heterocycles. The predicted molar refractivity (Wildman–Crippen MR) is 278 cm³/mol. The maximum absolute atomic E-state index is 14.6. The van der Waals surface area contributed by atoms with E-state index in [9.17, 15) is 39.3 Å². The number of carbonyl (C=O) groups excluding carboxylic acids is 5. The van der Waals surface area contributed by atoms with E-state index in [1.807, 2.05) is 64.3 Å². The minimum atomic E-state index is -2.44. The number of rotatable bonds is 11. The van der Waals surface area contributed by atoms with Crippen molar-refractivity contribution in [3.05, 3.63) is 59.5 Å². The summed E-state index contributed by atoms with van der Waals surface area (Å²) in [5, 5.41) is 41.2. The van der Waals surface area contributed by atoms with Crippen molar-refractivity contribution in [2.45, 2.75) is 193 Å². The van der Waals surface area contributed by atoms with Crippen molar-refractivity contribution in [3.8, 4) is 0 Å². The maximum atomic E-state index is 14.6. The van der Waals surface area contributed by atoms with Gasteiger partial charge in [0.1, 0.15) is 30.1 Å². The number of hydrogen-bond donors (Lipinski definition) is 3. The van der Waals surface area contributed by atoms with Gasteiger partial charge < -0.3 is 43.9 Å². The molecule has 17 heteroatoms. The van der Waals surface area contributed by atoms with Gasteiger partial charge in [0, 0.05) is 64.7 Å². The molecular formula is C57H88N4O13. The highest BCUT2D eigenvalue weighted by atomic mass is 16.6. The van der Waals surface area contributed by atoms with E-state index >= 15 is 0 Å². The Labute approximate surface area is 439 Å². The number of aliphatic hydroxyl groups is 3. The quantitative estimate of drug-likeness (QED) is 0.120. The summed E-state index contributed by atoms with van der Waals surface area (Å²) in [6.07, 6.45) is 16.3. The molecule has 1 amide bonds. The van der Waals surface area contributed by atoms with Crippen molar-refractivity contribution >= 4 is 29.2 Å². The van der Waals surface area contributed by atoms with Crippen LogP contribution in [0.15, 0.2) is 53.8 Å². The number of hydrogen-bond acceptors (Lipinski definition) is 15. The number of ketones is 3. The number of Topliss-reactive ketones (excluding diaryl/α,β-unsaturated/α-hetero) is 3. The molecule has 17 nitrogen and oxygen atoms in total. The van der Waals surface area contributed by atoms with Gasteiger partial charge in [-0.05, 0) is 126 Å². The molecule has 1 aromatic rings. The van der Waals surface area contributed by atoms with Crippen molar-refractivity contribution in [2.24, 2.45) is 41.4 Å². The van der Waals surface area contributed by atoms with Crippen molar-refractivity contribution in [1.82, 2.24) is 19.9 Å². The molecule has 0 aromatic carbocycles. The first-order chi connectivity index (χ1) is 35.2. The average Bonchev–Trinajstić information content (AvgIpc) is 3.84. The second-order valence-electron chi connectivity index (χ2n) is 22.0. The molecule has 4 heterocycles.